The molecule has 1 fully saturated rings. The van der Waals surface area contributed by atoms with Gasteiger partial charge >= 0.3 is 12.1 Å². The summed E-state index contributed by atoms with van der Waals surface area (Å²) in [7, 11) is 1.27. The molecule has 3 atom stereocenters. The standard InChI is InChI=1S/C13H19NO5/c1-13(2,3)19-12(16)14-8-6-5-7-9(8)18-10(14)11(15)17-4/h5,7-10H,6H2,1-4H3. The Labute approximate surface area is 112 Å². The number of methoxy groups -OCH3 is 1. The lowest BCUT2D eigenvalue weighted by Crippen LogP contribution is -2.48. The quantitative estimate of drug-likeness (QED) is 0.532. The Hall–Kier alpha value is -1.56. The van der Waals surface area contributed by atoms with Crippen LogP contribution >= 0.6 is 0 Å². The van der Waals surface area contributed by atoms with Crippen LogP contribution in [0, 0.1) is 0 Å². The molecule has 6 nitrogen and oxygen atoms in total. The number of amides is 1. The van der Waals surface area contributed by atoms with Crippen LogP contribution in [0.3, 0.4) is 0 Å². The normalized spacial score (nSPS) is 29.3. The first-order valence-corrected chi connectivity index (χ1v) is 6.25. The average Bonchev–Trinajstić information content (AvgIpc) is 2.84. The van der Waals surface area contributed by atoms with Crippen molar-refractivity contribution >= 4 is 12.1 Å². The predicted octanol–water partition coefficient (Wildman–Crippen LogP) is 1.45. The van der Waals surface area contributed by atoms with Crippen molar-refractivity contribution in [3.8, 4) is 0 Å². The fraction of sp³-hybridized carbons (Fsp3) is 0.692. The molecule has 0 aromatic heterocycles. The molecule has 1 aliphatic heterocycles. The van der Waals surface area contributed by atoms with Gasteiger partial charge in [-0.3, -0.25) is 4.90 Å². The van der Waals surface area contributed by atoms with E-state index in [0.717, 1.165) is 0 Å². The zero-order valence-corrected chi connectivity index (χ0v) is 11.6. The lowest BCUT2D eigenvalue weighted by Gasteiger charge is -2.29. The van der Waals surface area contributed by atoms with E-state index in [1.165, 1.54) is 12.0 Å². The highest BCUT2D eigenvalue weighted by atomic mass is 16.6. The summed E-state index contributed by atoms with van der Waals surface area (Å²) in [4.78, 5) is 25.3. The monoisotopic (exact) mass is 269 g/mol. The summed E-state index contributed by atoms with van der Waals surface area (Å²) in [6, 6.07) is -0.195. The van der Waals surface area contributed by atoms with Crippen LogP contribution in [-0.4, -0.2) is 48.0 Å². The highest BCUT2D eigenvalue weighted by Crippen LogP contribution is 2.32. The van der Waals surface area contributed by atoms with Gasteiger partial charge in [-0.25, -0.2) is 9.59 Å². The van der Waals surface area contributed by atoms with Gasteiger partial charge in [0.2, 0.25) is 6.23 Å². The van der Waals surface area contributed by atoms with Crippen LogP contribution in [0.4, 0.5) is 4.79 Å². The Morgan fingerprint density at radius 2 is 2.05 bits per heavy atom. The van der Waals surface area contributed by atoms with Gasteiger partial charge in [0.15, 0.2) is 0 Å². The Morgan fingerprint density at radius 3 is 2.63 bits per heavy atom. The Bertz CT molecular complexity index is 412. The van der Waals surface area contributed by atoms with Gasteiger partial charge in [0.1, 0.15) is 5.60 Å². The van der Waals surface area contributed by atoms with Crippen LogP contribution in [0.5, 0.6) is 0 Å². The van der Waals surface area contributed by atoms with E-state index >= 15 is 0 Å². The summed E-state index contributed by atoms with van der Waals surface area (Å²) in [6.07, 6.45) is 2.58. The first-order valence-electron chi connectivity index (χ1n) is 6.25. The molecular weight excluding hydrogens is 250 g/mol. The van der Waals surface area contributed by atoms with E-state index in [1.54, 1.807) is 20.8 Å². The molecule has 2 aliphatic rings. The minimum absolute atomic E-state index is 0.195. The smallest absolute Gasteiger partial charge is 0.413 e. The van der Waals surface area contributed by atoms with E-state index in [9.17, 15) is 9.59 Å². The third kappa shape index (κ3) is 2.73. The van der Waals surface area contributed by atoms with Crippen LogP contribution in [0.25, 0.3) is 0 Å². The minimum atomic E-state index is -1.03. The van der Waals surface area contributed by atoms with Gasteiger partial charge in [-0.2, -0.15) is 0 Å². The highest BCUT2D eigenvalue weighted by Gasteiger charge is 2.50. The van der Waals surface area contributed by atoms with Gasteiger partial charge in [0.05, 0.1) is 19.3 Å². The molecule has 1 amide bonds. The van der Waals surface area contributed by atoms with E-state index in [1.807, 2.05) is 12.2 Å². The predicted molar refractivity (Wildman–Crippen MR) is 66.3 cm³/mol. The Balaban J connectivity index is 2.18. The zero-order chi connectivity index (χ0) is 14.2. The molecular formula is C13H19NO5. The summed E-state index contributed by atoms with van der Waals surface area (Å²) in [5, 5.41) is 0. The number of esters is 1. The van der Waals surface area contributed by atoms with Crippen molar-refractivity contribution in [2.75, 3.05) is 7.11 Å². The van der Waals surface area contributed by atoms with Crippen molar-refractivity contribution in [1.29, 1.82) is 0 Å². The fourth-order valence-electron chi connectivity index (χ4n) is 2.23. The fourth-order valence-corrected chi connectivity index (χ4v) is 2.23. The highest BCUT2D eigenvalue weighted by molar-refractivity contribution is 5.81. The summed E-state index contributed by atoms with van der Waals surface area (Å²) in [5.74, 6) is -0.589. The maximum Gasteiger partial charge on any atom is 0.413 e. The van der Waals surface area contributed by atoms with Gasteiger partial charge < -0.3 is 14.2 Å². The van der Waals surface area contributed by atoms with Crippen molar-refractivity contribution in [3.63, 3.8) is 0 Å². The van der Waals surface area contributed by atoms with Gasteiger partial charge in [0.25, 0.3) is 0 Å². The van der Waals surface area contributed by atoms with Crippen LogP contribution in [0.1, 0.15) is 27.2 Å². The number of carbonyl (C=O) groups is 2. The van der Waals surface area contributed by atoms with Crippen LogP contribution < -0.4 is 0 Å². The molecule has 0 saturated carbocycles. The number of rotatable bonds is 1. The molecule has 106 valence electrons. The van der Waals surface area contributed by atoms with Crippen molar-refractivity contribution in [2.24, 2.45) is 0 Å². The number of ether oxygens (including phenoxy) is 3. The summed E-state index contributed by atoms with van der Waals surface area (Å²) < 4.78 is 15.5. The second-order valence-electron chi connectivity index (χ2n) is 5.60. The molecule has 3 unspecified atom stereocenters. The largest absolute Gasteiger partial charge is 0.466 e. The number of carbonyl (C=O) groups excluding carboxylic acids is 2. The van der Waals surface area contributed by atoms with Gasteiger partial charge in [-0.15, -0.1) is 0 Å². The van der Waals surface area contributed by atoms with E-state index in [4.69, 9.17) is 9.47 Å². The summed E-state index contributed by atoms with van der Waals surface area (Å²) >= 11 is 0. The van der Waals surface area contributed by atoms with Crippen molar-refractivity contribution in [1.82, 2.24) is 4.90 Å². The molecule has 0 bridgehead atoms. The summed E-state index contributed by atoms with van der Waals surface area (Å²) in [5.41, 5.74) is -0.623. The number of nitrogens with zero attached hydrogens (tertiary/aromatic N) is 1. The molecule has 0 spiro atoms. The van der Waals surface area contributed by atoms with Crippen LogP contribution in [0.2, 0.25) is 0 Å². The van der Waals surface area contributed by atoms with Gasteiger partial charge in [-0.05, 0) is 27.2 Å². The van der Waals surface area contributed by atoms with Crippen molar-refractivity contribution in [2.45, 2.75) is 51.2 Å². The van der Waals surface area contributed by atoms with Gasteiger partial charge in [0, 0.05) is 0 Å². The molecule has 0 N–H and O–H groups in total. The van der Waals surface area contributed by atoms with Crippen LogP contribution in [-0.2, 0) is 19.0 Å². The molecule has 1 aliphatic carbocycles. The van der Waals surface area contributed by atoms with E-state index in [-0.39, 0.29) is 12.1 Å². The van der Waals surface area contributed by atoms with Crippen molar-refractivity contribution in [3.05, 3.63) is 12.2 Å². The average molecular weight is 269 g/mol. The Morgan fingerprint density at radius 1 is 1.37 bits per heavy atom. The van der Waals surface area contributed by atoms with Crippen LogP contribution in [0.15, 0.2) is 12.2 Å². The lowest BCUT2D eigenvalue weighted by atomic mass is 10.2. The maximum absolute atomic E-state index is 12.2. The second-order valence-corrected chi connectivity index (χ2v) is 5.60. The molecule has 1 heterocycles. The number of fused-ring (bicyclic) bond motifs is 1. The Kier molecular flexibility index (Phi) is 3.54. The maximum atomic E-state index is 12.2. The second kappa shape index (κ2) is 4.85. The van der Waals surface area contributed by atoms with E-state index < -0.39 is 23.9 Å². The molecule has 1 saturated heterocycles. The molecule has 2 rings (SSSR count). The van der Waals surface area contributed by atoms with Gasteiger partial charge in [-0.1, -0.05) is 12.2 Å². The molecule has 19 heavy (non-hydrogen) atoms. The lowest BCUT2D eigenvalue weighted by molar-refractivity contribution is -0.159. The number of hydrogen-bond acceptors (Lipinski definition) is 5. The zero-order valence-electron chi connectivity index (χ0n) is 11.6. The minimum Gasteiger partial charge on any atom is -0.466 e. The number of hydrogen-bond donors (Lipinski definition) is 0. The molecule has 0 radical (unpaired) electrons. The third-order valence-corrected chi connectivity index (χ3v) is 2.99. The van der Waals surface area contributed by atoms with E-state index in [0.29, 0.717) is 6.42 Å². The molecule has 6 heteroatoms. The molecule has 0 aromatic rings. The summed E-state index contributed by atoms with van der Waals surface area (Å²) in [6.45, 7) is 5.33. The van der Waals surface area contributed by atoms with Crippen molar-refractivity contribution < 1.29 is 23.8 Å². The molecule has 0 aromatic carbocycles. The topological polar surface area (TPSA) is 65.1 Å². The van der Waals surface area contributed by atoms with E-state index in [2.05, 4.69) is 4.74 Å². The first kappa shape index (κ1) is 13.9. The first-order chi connectivity index (χ1) is 8.83. The SMILES string of the molecule is COC(=O)C1OC2C=CCC2N1C(=O)OC(C)(C)C. The third-order valence-electron chi connectivity index (χ3n) is 2.99.